The number of hydrogen-bond acceptors (Lipinski definition) is 4. The van der Waals surface area contributed by atoms with E-state index in [1.165, 1.54) is 24.5 Å². The number of carbonyl (C=O) groups is 1. The Bertz CT molecular complexity index is 696. The van der Waals surface area contributed by atoms with E-state index in [-0.39, 0.29) is 17.1 Å². The first kappa shape index (κ1) is 12.6. The fourth-order valence-electron chi connectivity index (χ4n) is 1.67. The van der Waals surface area contributed by atoms with Crippen molar-refractivity contribution < 1.29 is 22.7 Å². The van der Waals surface area contributed by atoms with E-state index in [0.717, 1.165) is 0 Å². The summed E-state index contributed by atoms with van der Waals surface area (Å²) in [6, 6.07) is 4.38. The van der Waals surface area contributed by atoms with E-state index < -0.39 is 15.8 Å². The van der Waals surface area contributed by atoms with Crippen molar-refractivity contribution >= 4 is 26.8 Å². The average Bonchev–Trinajstić information content (AvgIpc) is 2.71. The lowest BCUT2D eigenvalue weighted by molar-refractivity contribution is 0.0697. The van der Waals surface area contributed by atoms with Gasteiger partial charge in [-0.2, -0.15) is 0 Å². The zero-order chi connectivity index (χ0) is 13.3. The molecule has 1 N–H and O–H groups in total. The van der Waals surface area contributed by atoms with Crippen LogP contribution in [0.2, 0.25) is 0 Å². The van der Waals surface area contributed by atoms with Gasteiger partial charge in [0.25, 0.3) is 0 Å². The Morgan fingerprint density at radius 3 is 2.72 bits per heavy atom. The van der Waals surface area contributed by atoms with Crippen LogP contribution < -0.4 is 0 Å². The lowest BCUT2D eigenvalue weighted by Gasteiger charge is -1.99. The molecule has 5 nitrogen and oxygen atoms in total. The van der Waals surface area contributed by atoms with Crippen molar-refractivity contribution in [2.24, 2.45) is 0 Å². The van der Waals surface area contributed by atoms with Gasteiger partial charge in [0.15, 0.2) is 9.84 Å². The molecular formula is C12H12O5S. The van der Waals surface area contributed by atoms with Crippen LogP contribution >= 0.6 is 0 Å². The molecule has 0 atom stereocenters. The van der Waals surface area contributed by atoms with Gasteiger partial charge < -0.3 is 9.52 Å². The van der Waals surface area contributed by atoms with Crippen LogP contribution in [0.1, 0.15) is 22.8 Å². The van der Waals surface area contributed by atoms with Gasteiger partial charge in [-0.15, -0.1) is 0 Å². The average molecular weight is 268 g/mol. The maximum atomic E-state index is 11.6. The maximum Gasteiger partial charge on any atom is 0.335 e. The minimum Gasteiger partial charge on any atom is -0.478 e. The van der Waals surface area contributed by atoms with Crippen LogP contribution in [0.25, 0.3) is 11.0 Å². The Hall–Kier alpha value is -1.82. The molecule has 2 aromatic rings. The molecule has 0 radical (unpaired) electrons. The van der Waals surface area contributed by atoms with Gasteiger partial charge in [0.2, 0.25) is 0 Å². The monoisotopic (exact) mass is 268 g/mol. The summed E-state index contributed by atoms with van der Waals surface area (Å²) in [6.45, 7) is 1.57. The van der Waals surface area contributed by atoms with Gasteiger partial charge in [0.05, 0.1) is 17.6 Å². The Labute approximate surface area is 104 Å². The highest BCUT2D eigenvalue weighted by atomic mass is 32.2. The fraction of sp³-hybridized carbons (Fsp3) is 0.250. The minimum absolute atomic E-state index is 0.0400. The number of benzene rings is 1. The number of furan rings is 1. The van der Waals surface area contributed by atoms with Crippen LogP contribution in [0.3, 0.4) is 0 Å². The number of fused-ring (bicyclic) bond motifs is 1. The highest BCUT2D eigenvalue weighted by molar-refractivity contribution is 7.90. The molecule has 0 fully saturated rings. The molecule has 96 valence electrons. The summed E-state index contributed by atoms with van der Waals surface area (Å²) < 4.78 is 28.4. The Morgan fingerprint density at radius 1 is 1.39 bits per heavy atom. The predicted molar refractivity (Wildman–Crippen MR) is 66.3 cm³/mol. The molecule has 1 heterocycles. The molecule has 0 amide bonds. The summed E-state index contributed by atoms with van der Waals surface area (Å²) >= 11 is 0. The third kappa shape index (κ3) is 2.38. The van der Waals surface area contributed by atoms with Crippen molar-refractivity contribution in [3.8, 4) is 0 Å². The summed E-state index contributed by atoms with van der Waals surface area (Å²) in [5, 5.41) is 9.44. The Balaban J connectivity index is 2.52. The maximum absolute atomic E-state index is 11.6. The molecule has 0 unspecified atom stereocenters. The lowest BCUT2D eigenvalue weighted by atomic mass is 10.1. The van der Waals surface area contributed by atoms with Crippen LogP contribution in [0, 0.1) is 0 Å². The van der Waals surface area contributed by atoms with E-state index in [2.05, 4.69) is 0 Å². The number of hydrogen-bond donors (Lipinski definition) is 1. The molecule has 0 aliphatic heterocycles. The molecule has 1 aromatic carbocycles. The fourth-order valence-corrected chi connectivity index (χ4v) is 2.57. The minimum atomic E-state index is -3.17. The third-order valence-corrected chi connectivity index (χ3v) is 4.35. The molecule has 2 rings (SSSR count). The Kier molecular flexibility index (Phi) is 3.13. The second-order valence-corrected chi connectivity index (χ2v) is 6.31. The lowest BCUT2D eigenvalue weighted by Crippen LogP contribution is -2.06. The van der Waals surface area contributed by atoms with Gasteiger partial charge in [0.1, 0.15) is 5.58 Å². The molecule has 1 aromatic heterocycles. The van der Waals surface area contributed by atoms with Gasteiger partial charge in [-0.05, 0) is 18.2 Å². The van der Waals surface area contributed by atoms with Crippen LogP contribution in [-0.2, 0) is 15.6 Å². The number of sulfone groups is 1. The topological polar surface area (TPSA) is 84.6 Å². The second kappa shape index (κ2) is 4.45. The predicted octanol–water partition coefficient (Wildman–Crippen LogP) is 2.07. The number of carboxylic acid groups (broad SMARTS) is 1. The summed E-state index contributed by atoms with van der Waals surface area (Å²) in [5.41, 5.74) is 1.09. The molecular weight excluding hydrogens is 256 g/mol. The van der Waals surface area contributed by atoms with Crippen LogP contribution in [0.5, 0.6) is 0 Å². The zero-order valence-electron chi connectivity index (χ0n) is 9.71. The van der Waals surface area contributed by atoms with E-state index in [4.69, 9.17) is 9.52 Å². The zero-order valence-corrected chi connectivity index (χ0v) is 10.5. The molecule has 0 saturated carbocycles. The first-order valence-electron chi connectivity index (χ1n) is 5.37. The molecule has 0 aliphatic carbocycles. The largest absolute Gasteiger partial charge is 0.478 e. The van der Waals surface area contributed by atoms with Crippen LogP contribution in [-0.4, -0.2) is 25.2 Å². The van der Waals surface area contributed by atoms with Gasteiger partial charge >= 0.3 is 5.97 Å². The first-order valence-corrected chi connectivity index (χ1v) is 7.19. The Morgan fingerprint density at radius 2 is 2.11 bits per heavy atom. The third-order valence-electron chi connectivity index (χ3n) is 2.72. The van der Waals surface area contributed by atoms with Crippen molar-refractivity contribution in [1.82, 2.24) is 0 Å². The van der Waals surface area contributed by atoms with Crippen molar-refractivity contribution in [2.75, 3.05) is 5.75 Å². The number of aromatic carboxylic acids is 1. The number of carboxylic acids is 1. The van der Waals surface area contributed by atoms with E-state index in [9.17, 15) is 13.2 Å². The molecule has 18 heavy (non-hydrogen) atoms. The highest BCUT2D eigenvalue weighted by Gasteiger charge is 2.15. The number of rotatable bonds is 4. The molecule has 0 saturated heterocycles. The molecule has 0 bridgehead atoms. The quantitative estimate of drug-likeness (QED) is 0.917. The highest BCUT2D eigenvalue weighted by Crippen LogP contribution is 2.24. The summed E-state index contributed by atoms with van der Waals surface area (Å²) in [4.78, 5) is 10.9. The van der Waals surface area contributed by atoms with Crippen molar-refractivity contribution in [3.05, 3.63) is 35.6 Å². The molecule has 6 heteroatoms. The van der Waals surface area contributed by atoms with Gasteiger partial charge in [-0.1, -0.05) is 6.92 Å². The van der Waals surface area contributed by atoms with Gasteiger partial charge in [0, 0.05) is 16.7 Å². The van der Waals surface area contributed by atoms with Crippen LogP contribution in [0.15, 0.2) is 28.9 Å². The second-order valence-electron chi connectivity index (χ2n) is 3.95. The van der Waals surface area contributed by atoms with Crippen LogP contribution in [0.4, 0.5) is 0 Å². The van der Waals surface area contributed by atoms with Crippen molar-refractivity contribution in [1.29, 1.82) is 0 Å². The molecule has 0 aliphatic rings. The van der Waals surface area contributed by atoms with Crippen molar-refractivity contribution in [2.45, 2.75) is 12.7 Å². The van der Waals surface area contributed by atoms with Crippen molar-refractivity contribution in [3.63, 3.8) is 0 Å². The summed E-state index contributed by atoms with van der Waals surface area (Å²) in [7, 11) is -3.17. The summed E-state index contributed by atoms with van der Waals surface area (Å²) in [5.74, 6) is -1.15. The first-order chi connectivity index (χ1) is 8.43. The summed E-state index contributed by atoms with van der Waals surface area (Å²) in [6.07, 6.45) is 1.36. The van der Waals surface area contributed by atoms with Gasteiger partial charge in [-0.25, -0.2) is 13.2 Å². The van der Waals surface area contributed by atoms with Gasteiger partial charge in [-0.3, -0.25) is 0 Å². The smallest absolute Gasteiger partial charge is 0.335 e. The van der Waals surface area contributed by atoms with E-state index in [1.807, 2.05) is 0 Å². The van der Waals surface area contributed by atoms with E-state index >= 15 is 0 Å². The van der Waals surface area contributed by atoms with E-state index in [1.54, 1.807) is 6.92 Å². The molecule has 0 spiro atoms. The normalized spacial score (nSPS) is 11.8. The SMILES string of the molecule is CCS(=O)(=O)Cc1coc2ccc(C(=O)O)cc12. The van der Waals surface area contributed by atoms with E-state index in [0.29, 0.717) is 16.5 Å². The standard InChI is InChI=1S/C12H12O5S/c1-2-18(15,16)7-9-6-17-11-4-3-8(12(13)14)5-10(9)11/h3-6H,2,7H2,1H3,(H,13,14).